The molecule has 0 aromatic heterocycles. The number of benzene rings is 1. The van der Waals surface area contributed by atoms with Gasteiger partial charge in [-0.3, -0.25) is 9.79 Å². The second kappa shape index (κ2) is 14.5. The van der Waals surface area contributed by atoms with Gasteiger partial charge in [0, 0.05) is 44.8 Å². The number of guanidine groups is 1. The van der Waals surface area contributed by atoms with Crippen LogP contribution in [0.25, 0.3) is 0 Å². The molecule has 2 rings (SSSR count). The minimum Gasteiger partial charge on any atom is -0.460 e. The van der Waals surface area contributed by atoms with E-state index in [0.717, 1.165) is 64.1 Å². The third-order valence-electron chi connectivity index (χ3n) is 5.20. The van der Waals surface area contributed by atoms with Gasteiger partial charge >= 0.3 is 5.97 Å². The summed E-state index contributed by atoms with van der Waals surface area (Å²) in [5, 5.41) is 6.99. The predicted octanol–water partition coefficient (Wildman–Crippen LogP) is 4.73. The van der Waals surface area contributed by atoms with Gasteiger partial charge in [0.1, 0.15) is 5.60 Å². The quantitative estimate of drug-likeness (QED) is 0.155. The van der Waals surface area contributed by atoms with E-state index >= 15 is 0 Å². The highest BCUT2D eigenvalue weighted by molar-refractivity contribution is 14.0. The minimum absolute atomic E-state index is 0. The Morgan fingerprint density at radius 1 is 1.10 bits per heavy atom. The van der Waals surface area contributed by atoms with Crippen molar-refractivity contribution in [3.05, 3.63) is 30.3 Å². The van der Waals surface area contributed by atoms with Gasteiger partial charge in [0.15, 0.2) is 5.96 Å². The summed E-state index contributed by atoms with van der Waals surface area (Å²) >= 11 is 0. The highest BCUT2D eigenvalue weighted by Gasteiger charge is 2.20. The number of nitrogens with one attached hydrogen (secondary N) is 2. The number of nitrogens with zero attached hydrogens (tertiary/aromatic N) is 2. The molecule has 1 aromatic rings. The van der Waals surface area contributed by atoms with E-state index in [0.29, 0.717) is 12.5 Å². The first kappa shape index (κ1) is 27.5. The van der Waals surface area contributed by atoms with Crippen molar-refractivity contribution < 1.29 is 9.53 Å². The number of rotatable bonds is 9. The van der Waals surface area contributed by atoms with E-state index in [1.54, 1.807) is 0 Å². The number of piperidine rings is 1. The normalized spacial score (nSPS) is 15.2. The molecule has 0 unspecified atom stereocenters. The van der Waals surface area contributed by atoms with E-state index in [-0.39, 0.29) is 35.5 Å². The average molecular weight is 545 g/mol. The maximum atomic E-state index is 11.7. The summed E-state index contributed by atoms with van der Waals surface area (Å²) in [7, 11) is 1.83. The van der Waals surface area contributed by atoms with Gasteiger partial charge < -0.3 is 20.3 Å². The molecule has 1 fully saturated rings. The van der Waals surface area contributed by atoms with E-state index < -0.39 is 0 Å². The highest BCUT2D eigenvalue weighted by atomic mass is 127. The van der Waals surface area contributed by atoms with Crippen molar-refractivity contribution in [1.82, 2.24) is 10.6 Å². The number of carbonyl (C=O) groups excluding carboxylic acids is 1. The molecule has 0 amide bonds. The molecule has 31 heavy (non-hydrogen) atoms. The van der Waals surface area contributed by atoms with Gasteiger partial charge in [-0.2, -0.15) is 0 Å². The third kappa shape index (κ3) is 11.6. The first-order valence-electron chi connectivity index (χ1n) is 11.4. The number of unbranched alkanes of at least 4 members (excludes halogenated alkanes) is 3. The average Bonchev–Trinajstić information content (AvgIpc) is 2.72. The molecule has 6 nitrogen and oxygen atoms in total. The van der Waals surface area contributed by atoms with E-state index in [1.165, 1.54) is 5.69 Å². The third-order valence-corrected chi connectivity index (χ3v) is 5.20. The maximum Gasteiger partial charge on any atom is 0.306 e. The van der Waals surface area contributed by atoms with Crippen molar-refractivity contribution in [2.24, 2.45) is 4.99 Å². The Kier molecular flexibility index (Phi) is 12.9. The van der Waals surface area contributed by atoms with Crippen LogP contribution in [0.1, 0.15) is 65.7 Å². The molecule has 1 aromatic carbocycles. The molecule has 7 heteroatoms. The molecule has 1 aliphatic rings. The molecule has 2 N–H and O–H groups in total. The Hall–Kier alpha value is -1.51. The fraction of sp³-hybridized carbons (Fsp3) is 0.667. The van der Waals surface area contributed by atoms with E-state index in [4.69, 9.17) is 4.74 Å². The van der Waals surface area contributed by atoms with Crippen LogP contribution in [0.3, 0.4) is 0 Å². The Morgan fingerprint density at radius 3 is 2.35 bits per heavy atom. The molecule has 0 atom stereocenters. The zero-order valence-corrected chi connectivity index (χ0v) is 22.0. The number of hydrogen-bond acceptors (Lipinski definition) is 4. The van der Waals surface area contributed by atoms with Crippen LogP contribution in [0.15, 0.2) is 35.3 Å². The first-order chi connectivity index (χ1) is 14.4. The van der Waals surface area contributed by atoms with Gasteiger partial charge in [-0.1, -0.05) is 31.0 Å². The molecule has 0 aliphatic carbocycles. The fourth-order valence-electron chi connectivity index (χ4n) is 3.66. The minimum atomic E-state index is -0.387. The van der Waals surface area contributed by atoms with Crippen LogP contribution < -0.4 is 15.5 Å². The van der Waals surface area contributed by atoms with Crippen LogP contribution >= 0.6 is 24.0 Å². The Labute approximate surface area is 205 Å². The number of carbonyl (C=O) groups is 1. The zero-order chi connectivity index (χ0) is 21.8. The number of para-hydroxylation sites is 1. The number of halogens is 1. The number of hydrogen-bond donors (Lipinski definition) is 2. The lowest BCUT2D eigenvalue weighted by atomic mass is 10.0. The SMILES string of the molecule is CN=C(NCCCCCCC(=O)OC(C)(C)C)NC1CCN(c2ccccc2)CC1.I. The summed E-state index contributed by atoms with van der Waals surface area (Å²) in [5.41, 5.74) is 0.923. The Morgan fingerprint density at radius 2 is 1.74 bits per heavy atom. The lowest BCUT2D eigenvalue weighted by Gasteiger charge is -2.34. The van der Waals surface area contributed by atoms with Gasteiger partial charge in [-0.25, -0.2) is 0 Å². The van der Waals surface area contributed by atoms with E-state index in [1.807, 2.05) is 27.8 Å². The van der Waals surface area contributed by atoms with Crippen LogP contribution in [0, 0.1) is 0 Å². The van der Waals surface area contributed by atoms with Crippen LogP contribution in [-0.2, 0) is 9.53 Å². The Bertz CT molecular complexity index is 653. The topological polar surface area (TPSA) is 66.0 Å². The second-order valence-electron chi connectivity index (χ2n) is 8.99. The largest absolute Gasteiger partial charge is 0.460 e. The molecule has 1 aliphatic heterocycles. The molecule has 1 heterocycles. The fourth-order valence-corrected chi connectivity index (χ4v) is 3.66. The molecule has 0 bridgehead atoms. The lowest BCUT2D eigenvalue weighted by molar-refractivity contribution is -0.154. The van der Waals surface area contributed by atoms with Crippen molar-refractivity contribution >= 4 is 41.6 Å². The number of ether oxygens (including phenoxy) is 1. The number of aliphatic imine (C=N–C) groups is 1. The summed E-state index contributed by atoms with van der Waals surface area (Å²) in [6, 6.07) is 11.1. The monoisotopic (exact) mass is 544 g/mol. The molecule has 1 saturated heterocycles. The van der Waals surface area contributed by atoms with Gasteiger partial charge in [-0.05, 0) is 58.6 Å². The summed E-state index contributed by atoms with van der Waals surface area (Å²) in [6.07, 6.45) is 6.84. The summed E-state index contributed by atoms with van der Waals surface area (Å²) in [4.78, 5) is 18.5. The molecular formula is C24H41IN4O2. The molecule has 0 radical (unpaired) electrons. The summed E-state index contributed by atoms with van der Waals surface area (Å²) < 4.78 is 5.34. The summed E-state index contributed by atoms with van der Waals surface area (Å²) in [5.74, 6) is 0.797. The van der Waals surface area contributed by atoms with Crippen LogP contribution in [0.2, 0.25) is 0 Å². The first-order valence-corrected chi connectivity index (χ1v) is 11.4. The second-order valence-corrected chi connectivity index (χ2v) is 8.99. The zero-order valence-electron chi connectivity index (χ0n) is 19.7. The highest BCUT2D eigenvalue weighted by Crippen LogP contribution is 2.19. The smallest absolute Gasteiger partial charge is 0.306 e. The van der Waals surface area contributed by atoms with Crippen molar-refractivity contribution in [2.75, 3.05) is 31.6 Å². The maximum absolute atomic E-state index is 11.7. The van der Waals surface area contributed by atoms with Gasteiger partial charge in [0.25, 0.3) is 0 Å². The van der Waals surface area contributed by atoms with Crippen LogP contribution in [-0.4, -0.2) is 50.3 Å². The van der Waals surface area contributed by atoms with E-state index in [9.17, 15) is 4.79 Å². The molecular weight excluding hydrogens is 503 g/mol. The van der Waals surface area contributed by atoms with Gasteiger partial charge in [0.2, 0.25) is 0 Å². The Balaban J connectivity index is 0.00000480. The van der Waals surface area contributed by atoms with Crippen molar-refractivity contribution in [3.63, 3.8) is 0 Å². The molecule has 0 spiro atoms. The standard InChI is InChI=1S/C24H40N4O2.HI/c1-24(2,3)30-22(29)14-10-5-6-11-17-26-23(25-4)27-20-15-18-28(19-16-20)21-12-8-7-9-13-21;/h7-9,12-13,20H,5-6,10-11,14-19H2,1-4H3,(H2,25,26,27);1H. The van der Waals surface area contributed by atoms with Gasteiger partial charge in [-0.15, -0.1) is 24.0 Å². The molecule has 0 saturated carbocycles. The van der Waals surface area contributed by atoms with E-state index in [2.05, 4.69) is 50.9 Å². The lowest BCUT2D eigenvalue weighted by Crippen LogP contribution is -2.48. The van der Waals surface area contributed by atoms with Crippen LogP contribution in [0.4, 0.5) is 5.69 Å². The van der Waals surface area contributed by atoms with Crippen molar-refractivity contribution in [1.29, 1.82) is 0 Å². The van der Waals surface area contributed by atoms with Crippen LogP contribution in [0.5, 0.6) is 0 Å². The number of esters is 1. The molecule has 176 valence electrons. The van der Waals surface area contributed by atoms with Crippen molar-refractivity contribution in [2.45, 2.75) is 77.4 Å². The van der Waals surface area contributed by atoms with Crippen molar-refractivity contribution in [3.8, 4) is 0 Å². The predicted molar refractivity (Wildman–Crippen MR) is 141 cm³/mol. The number of anilines is 1. The summed E-state index contributed by atoms with van der Waals surface area (Å²) in [6.45, 7) is 8.75. The van der Waals surface area contributed by atoms with Gasteiger partial charge in [0.05, 0.1) is 0 Å².